The molecule has 0 radical (unpaired) electrons. The van der Waals surface area contributed by atoms with E-state index in [4.69, 9.17) is 0 Å². The van der Waals surface area contributed by atoms with Crippen LogP contribution >= 0.6 is 12.6 Å². The van der Waals surface area contributed by atoms with Crippen molar-refractivity contribution < 1.29 is 0 Å². The number of thiol groups is 1. The van der Waals surface area contributed by atoms with Gasteiger partial charge in [-0.3, -0.25) is 0 Å². The minimum atomic E-state index is 0.987. The first-order valence-corrected chi connectivity index (χ1v) is 9.05. The molecule has 1 aromatic carbocycles. The highest BCUT2D eigenvalue weighted by molar-refractivity contribution is 7.80. The number of hydrogen-bond acceptors (Lipinski definition) is 1. The number of hydrogen-bond donors (Lipinski definition) is 1. The zero-order valence-electron chi connectivity index (χ0n) is 13.5. The predicted molar refractivity (Wildman–Crippen MR) is 97.0 cm³/mol. The van der Waals surface area contributed by atoms with E-state index in [1.165, 1.54) is 64.2 Å². The first-order valence-electron chi connectivity index (χ1n) is 8.61. The van der Waals surface area contributed by atoms with Crippen molar-refractivity contribution in [2.75, 3.05) is 0 Å². The molecule has 116 valence electrons. The number of rotatable bonds is 10. The van der Waals surface area contributed by atoms with Crippen LogP contribution in [0.1, 0.15) is 83.1 Å². The highest BCUT2D eigenvalue weighted by Crippen LogP contribution is 2.11. The fraction of sp³-hybridized carbons (Fsp3) is 0.600. The summed E-state index contributed by atoms with van der Waals surface area (Å²) in [5, 5.41) is 0. The normalized spacial score (nSPS) is 10.2. The van der Waals surface area contributed by atoms with Crippen molar-refractivity contribution in [3.63, 3.8) is 0 Å². The van der Waals surface area contributed by atoms with Crippen molar-refractivity contribution in [1.82, 2.24) is 0 Å². The maximum Gasteiger partial charge on any atom is 0.0256 e. The molecule has 0 atom stereocenters. The van der Waals surface area contributed by atoms with Crippen molar-refractivity contribution in [3.8, 4) is 11.8 Å². The Morgan fingerprint density at radius 2 is 1.48 bits per heavy atom. The molecule has 1 heteroatoms. The van der Waals surface area contributed by atoms with Crippen LogP contribution in [0.3, 0.4) is 0 Å². The van der Waals surface area contributed by atoms with Gasteiger partial charge in [-0.1, -0.05) is 82.6 Å². The number of benzene rings is 1. The SMILES string of the molecule is CCCCCCCCCCCCC#Cc1cccc(S)c1. The number of unbranched alkanes of at least 4 members (excludes halogenated alkanes) is 10. The Morgan fingerprint density at radius 1 is 0.857 bits per heavy atom. The Labute approximate surface area is 137 Å². The Bertz CT molecular complexity index is 425. The predicted octanol–water partition coefficient (Wildman–Crippen LogP) is 6.64. The molecule has 1 rings (SSSR count). The smallest absolute Gasteiger partial charge is 0.0256 e. The summed E-state index contributed by atoms with van der Waals surface area (Å²) >= 11 is 4.32. The van der Waals surface area contributed by atoms with Crippen LogP contribution in [0, 0.1) is 11.8 Å². The molecule has 0 aromatic heterocycles. The first kappa shape index (κ1) is 18.2. The van der Waals surface area contributed by atoms with Gasteiger partial charge in [-0.05, 0) is 24.6 Å². The molecule has 0 heterocycles. The van der Waals surface area contributed by atoms with Crippen molar-refractivity contribution in [3.05, 3.63) is 29.8 Å². The average Bonchev–Trinajstić information content (AvgIpc) is 2.48. The molecule has 21 heavy (non-hydrogen) atoms. The molecule has 0 fully saturated rings. The van der Waals surface area contributed by atoms with Crippen LogP contribution in [0.25, 0.3) is 0 Å². The van der Waals surface area contributed by atoms with E-state index in [1.807, 2.05) is 24.3 Å². The zero-order valence-corrected chi connectivity index (χ0v) is 14.4. The standard InChI is InChI=1S/C20H30S/c1-2-3-4-5-6-7-8-9-10-11-12-13-15-19-16-14-17-20(21)18-19/h14,16-18,21H,2-12H2,1H3. The summed E-state index contributed by atoms with van der Waals surface area (Å²) in [5.41, 5.74) is 1.08. The van der Waals surface area contributed by atoms with Gasteiger partial charge in [-0.25, -0.2) is 0 Å². The third kappa shape index (κ3) is 10.5. The second-order valence-electron chi connectivity index (χ2n) is 5.78. The van der Waals surface area contributed by atoms with Gasteiger partial charge in [0.1, 0.15) is 0 Å². The van der Waals surface area contributed by atoms with E-state index in [0.29, 0.717) is 0 Å². The van der Waals surface area contributed by atoms with E-state index in [9.17, 15) is 0 Å². The van der Waals surface area contributed by atoms with Gasteiger partial charge in [0.15, 0.2) is 0 Å². The topological polar surface area (TPSA) is 0 Å². The molecular formula is C20H30S. The van der Waals surface area contributed by atoms with E-state index >= 15 is 0 Å². The van der Waals surface area contributed by atoms with Crippen molar-refractivity contribution in [1.29, 1.82) is 0 Å². The van der Waals surface area contributed by atoms with Crippen LogP contribution in [0.5, 0.6) is 0 Å². The highest BCUT2D eigenvalue weighted by atomic mass is 32.1. The lowest BCUT2D eigenvalue weighted by molar-refractivity contribution is 0.558. The zero-order chi connectivity index (χ0) is 15.2. The Balaban J connectivity index is 1.93. The molecule has 0 nitrogen and oxygen atoms in total. The molecule has 0 amide bonds. The third-order valence-corrected chi connectivity index (χ3v) is 4.01. The van der Waals surface area contributed by atoms with Gasteiger partial charge in [0.2, 0.25) is 0 Å². The van der Waals surface area contributed by atoms with Gasteiger partial charge < -0.3 is 0 Å². The van der Waals surface area contributed by atoms with Crippen LogP contribution < -0.4 is 0 Å². The van der Waals surface area contributed by atoms with Gasteiger partial charge in [-0.15, -0.1) is 12.6 Å². The summed E-state index contributed by atoms with van der Waals surface area (Å²) in [4.78, 5) is 0.987. The van der Waals surface area contributed by atoms with Crippen LogP contribution in [-0.4, -0.2) is 0 Å². The Kier molecular flexibility index (Phi) is 11.1. The molecule has 0 aliphatic rings. The lowest BCUT2D eigenvalue weighted by Gasteiger charge is -2.00. The second-order valence-corrected chi connectivity index (χ2v) is 6.30. The van der Waals surface area contributed by atoms with Gasteiger partial charge in [0, 0.05) is 16.9 Å². The van der Waals surface area contributed by atoms with Crippen molar-refractivity contribution in [2.45, 2.75) is 82.4 Å². The summed E-state index contributed by atoms with van der Waals surface area (Å²) in [6.45, 7) is 2.28. The maximum absolute atomic E-state index is 4.32. The van der Waals surface area contributed by atoms with Crippen molar-refractivity contribution in [2.24, 2.45) is 0 Å². The fourth-order valence-corrected chi connectivity index (χ4v) is 2.67. The van der Waals surface area contributed by atoms with Crippen LogP contribution in [0.15, 0.2) is 29.2 Å². The van der Waals surface area contributed by atoms with Crippen molar-refractivity contribution >= 4 is 12.6 Å². The first-order chi connectivity index (χ1) is 10.3. The molecule has 0 unspecified atom stereocenters. The molecule has 0 saturated carbocycles. The minimum absolute atomic E-state index is 0.987. The van der Waals surface area contributed by atoms with E-state index < -0.39 is 0 Å². The minimum Gasteiger partial charge on any atom is -0.143 e. The Morgan fingerprint density at radius 3 is 2.10 bits per heavy atom. The fourth-order valence-electron chi connectivity index (χ4n) is 2.45. The molecule has 0 bridgehead atoms. The molecule has 0 N–H and O–H groups in total. The summed E-state index contributed by atoms with van der Waals surface area (Å²) in [6, 6.07) is 8.06. The second kappa shape index (κ2) is 12.8. The summed E-state index contributed by atoms with van der Waals surface area (Å²) in [6.07, 6.45) is 14.8. The molecule has 0 aliphatic heterocycles. The lowest BCUT2D eigenvalue weighted by Crippen LogP contribution is -1.81. The highest BCUT2D eigenvalue weighted by Gasteiger charge is 1.92. The van der Waals surface area contributed by atoms with E-state index in [-0.39, 0.29) is 0 Å². The summed E-state index contributed by atoms with van der Waals surface area (Å²) in [7, 11) is 0. The molecular weight excluding hydrogens is 272 g/mol. The van der Waals surface area contributed by atoms with Gasteiger partial charge in [0.05, 0.1) is 0 Å². The van der Waals surface area contributed by atoms with E-state index in [1.54, 1.807) is 0 Å². The van der Waals surface area contributed by atoms with E-state index in [2.05, 4.69) is 31.4 Å². The van der Waals surface area contributed by atoms with E-state index in [0.717, 1.165) is 16.9 Å². The summed E-state index contributed by atoms with van der Waals surface area (Å²) in [5.74, 6) is 6.49. The Hall–Kier alpha value is -0.870. The van der Waals surface area contributed by atoms with Crippen LogP contribution in [0.2, 0.25) is 0 Å². The summed E-state index contributed by atoms with van der Waals surface area (Å²) < 4.78 is 0. The van der Waals surface area contributed by atoms with Crippen LogP contribution in [-0.2, 0) is 0 Å². The van der Waals surface area contributed by atoms with Crippen LogP contribution in [0.4, 0.5) is 0 Å². The molecule has 0 aliphatic carbocycles. The lowest BCUT2D eigenvalue weighted by atomic mass is 10.1. The average molecular weight is 303 g/mol. The molecule has 1 aromatic rings. The molecule has 0 spiro atoms. The largest absolute Gasteiger partial charge is 0.143 e. The van der Waals surface area contributed by atoms with Gasteiger partial charge in [0.25, 0.3) is 0 Å². The molecule has 0 saturated heterocycles. The van der Waals surface area contributed by atoms with Gasteiger partial charge in [-0.2, -0.15) is 0 Å². The quantitative estimate of drug-likeness (QED) is 0.279. The maximum atomic E-state index is 4.32. The van der Waals surface area contributed by atoms with Gasteiger partial charge >= 0.3 is 0 Å². The third-order valence-electron chi connectivity index (χ3n) is 3.73. The monoisotopic (exact) mass is 302 g/mol.